The minimum atomic E-state index is 0.325. The molecule has 0 bridgehead atoms. The normalized spacial score (nSPS) is 38.3. The highest BCUT2D eigenvalue weighted by atomic mass is 15.4. The predicted octanol–water partition coefficient (Wildman–Crippen LogP) is 1.33. The van der Waals surface area contributed by atoms with Crippen molar-refractivity contribution in [2.45, 2.75) is 37.4 Å². The van der Waals surface area contributed by atoms with Crippen molar-refractivity contribution in [1.29, 1.82) is 0 Å². The van der Waals surface area contributed by atoms with Gasteiger partial charge < -0.3 is 5.73 Å². The second-order valence-electron chi connectivity index (χ2n) is 4.96. The Bertz CT molecular complexity index is 351. The zero-order valence-electron chi connectivity index (χ0n) is 9.39. The summed E-state index contributed by atoms with van der Waals surface area (Å²) in [6.45, 7) is 0. The summed E-state index contributed by atoms with van der Waals surface area (Å²) in [5.41, 5.74) is 14.4. The standard InChI is InChI=1S/C13H19N3/c14-10-7-4-8-11-12(10)13(16-15-11)9-5-2-1-3-6-9/h1-3,5-6,10-13,15-16H,4,7-8,14H2. The van der Waals surface area contributed by atoms with Gasteiger partial charge in [-0.1, -0.05) is 36.8 Å². The molecule has 16 heavy (non-hydrogen) atoms. The molecule has 2 fully saturated rings. The van der Waals surface area contributed by atoms with Gasteiger partial charge in [-0.15, -0.1) is 0 Å². The van der Waals surface area contributed by atoms with E-state index in [9.17, 15) is 0 Å². The molecule has 1 heterocycles. The van der Waals surface area contributed by atoms with Crippen molar-refractivity contribution in [1.82, 2.24) is 10.9 Å². The number of fused-ring (bicyclic) bond motifs is 1. The summed E-state index contributed by atoms with van der Waals surface area (Å²) >= 11 is 0. The van der Waals surface area contributed by atoms with Gasteiger partial charge in [0.15, 0.2) is 0 Å². The summed E-state index contributed by atoms with van der Waals surface area (Å²) in [5.74, 6) is 0.538. The van der Waals surface area contributed by atoms with Crippen molar-refractivity contribution in [3.05, 3.63) is 35.9 Å². The van der Waals surface area contributed by atoms with Crippen molar-refractivity contribution in [2.75, 3.05) is 0 Å². The van der Waals surface area contributed by atoms with Crippen molar-refractivity contribution >= 4 is 0 Å². The lowest BCUT2D eigenvalue weighted by atomic mass is 9.76. The van der Waals surface area contributed by atoms with Gasteiger partial charge in [-0.3, -0.25) is 5.43 Å². The van der Waals surface area contributed by atoms with Gasteiger partial charge in [0.25, 0.3) is 0 Å². The smallest absolute Gasteiger partial charge is 0.0520 e. The fourth-order valence-electron chi connectivity index (χ4n) is 3.16. The zero-order valence-corrected chi connectivity index (χ0v) is 9.39. The van der Waals surface area contributed by atoms with Crippen LogP contribution in [-0.2, 0) is 0 Å². The fourth-order valence-corrected chi connectivity index (χ4v) is 3.16. The van der Waals surface area contributed by atoms with Crippen LogP contribution in [0.2, 0.25) is 0 Å². The lowest BCUT2D eigenvalue weighted by molar-refractivity contribution is 0.265. The fraction of sp³-hybridized carbons (Fsp3) is 0.538. The molecule has 0 radical (unpaired) electrons. The van der Waals surface area contributed by atoms with E-state index in [-0.39, 0.29) is 0 Å². The monoisotopic (exact) mass is 217 g/mol. The summed E-state index contributed by atoms with van der Waals surface area (Å²) in [7, 11) is 0. The number of hydrazine groups is 1. The summed E-state index contributed by atoms with van der Waals surface area (Å²) in [6, 6.07) is 11.9. The highest BCUT2D eigenvalue weighted by molar-refractivity contribution is 5.22. The van der Waals surface area contributed by atoms with Gasteiger partial charge in [0.2, 0.25) is 0 Å². The number of hydrogen-bond acceptors (Lipinski definition) is 3. The molecular formula is C13H19N3. The number of nitrogens with two attached hydrogens (primary N) is 1. The molecule has 4 atom stereocenters. The number of hydrogen-bond donors (Lipinski definition) is 3. The third-order valence-corrected chi connectivity index (χ3v) is 3.98. The molecule has 1 aromatic carbocycles. The second-order valence-corrected chi connectivity index (χ2v) is 4.96. The van der Waals surface area contributed by atoms with Gasteiger partial charge >= 0.3 is 0 Å². The van der Waals surface area contributed by atoms with Gasteiger partial charge in [-0.2, -0.15) is 0 Å². The number of nitrogens with one attached hydrogen (secondary N) is 2. The lowest BCUT2D eigenvalue weighted by Crippen LogP contribution is -2.43. The van der Waals surface area contributed by atoms with Crippen molar-refractivity contribution in [3.63, 3.8) is 0 Å². The van der Waals surface area contributed by atoms with Crippen LogP contribution in [0, 0.1) is 5.92 Å². The lowest BCUT2D eigenvalue weighted by Gasteiger charge is -2.33. The first-order valence-electron chi connectivity index (χ1n) is 6.18. The van der Waals surface area contributed by atoms with Gasteiger partial charge in [-0.05, 0) is 18.4 Å². The highest BCUT2D eigenvalue weighted by Crippen LogP contribution is 2.36. The van der Waals surface area contributed by atoms with E-state index in [1.165, 1.54) is 18.4 Å². The molecule has 3 rings (SSSR count). The average Bonchev–Trinajstić information content (AvgIpc) is 2.75. The van der Waals surface area contributed by atoms with Crippen LogP contribution in [0.5, 0.6) is 0 Å². The van der Waals surface area contributed by atoms with E-state index in [0.717, 1.165) is 6.42 Å². The first kappa shape index (κ1) is 10.3. The highest BCUT2D eigenvalue weighted by Gasteiger charge is 2.42. The quantitative estimate of drug-likeness (QED) is 0.665. The van der Waals surface area contributed by atoms with Crippen LogP contribution in [-0.4, -0.2) is 12.1 Å². The Balaban J connectivity index is 1.86. The van der Waals surface area contributed by atoms with Gasteiger partial charge in [0.1, 0.15) is 0 Å². The third-order valence-electron chi connectivity index (χ3n) is 3.98. The predicted molar refractivity (Wildman–Crippen MR) is 64.6 cm³/mol. The average molecular weight is 217 g/mol. The minimum Gasteiger partial charge on any atom is -0.327 e. The summed E-state index contributed by atoms with van der Waals surface area (Å²) in [4.78, 5) is 0. The first-order chi connectivity index (χ1) is 7.86. The molecule has 0 amide bonds. The Labute approximate surface area is 96.4 Å². The van der Waals surface area contributed by atoms with Crippen molar-refractivity contribution in [2.24, 2.45) is 11.7 Å². The molecule has 1 aliphatic heterocycles. The molecule has 3 nitrogen and oxygen atoms in total. The minimum absolute atomic E-state index is 0.325. The molecule has 86 valence electrons. The van der Waals surface area contributed by atoms with Gasteiger partial charge in [0.05, 0.1) is 6.04 Å². The molecule has 1 aliphatic carbocycles. The summed E-state index contributed by atoms with van der Waals surface area (Å²) in [5, 5.41) is 0. The van der Waals surface area contributed by atoms with E-state index in [1.54, 1.807) is 0 Å². The Hall–Kier alpha value is -0.900. The Morgan fingerprint density at radius 3 is 2.69 bits per heavy atom. The molecule has 0 aromatic heterocycles. The summed E-state index contributed by atoms with van der Waals surface area (Å²) in [6.07, 6.45) is 3.65. The Kier molecular flexibility index (Phi) is 2.67. The number of rotatable bonds is 1. The van der Waals surface area contributed by atoms with E-state index in [1.807, 2.05) is 0 Å². The molecule has 1 saturated carbocycles. The maximum atomic E-state index is 6.27. The maximum Gasteiger partial charge on any atom is 0.0520 e. The SMILES string of the molecule is NC1CCCC2NNC(c3ccccc3)C12. The van der Waals surface area contributed by atoms with E-state index in [4.69, 9.17) is 5.73 Å². The maximum absolute atomic E-state index is 6.27. The van der Waals surface area contributed by atoms with Crippen molar-refractivity contribution < 1.29 is 0 Å². The third kappa shape index (κ3) is 1.65. The Morgan fingerprint density at radius 2 is 1.88 bits per heavy atom. The van der Waals surface area contributed by atoms with Gasteiger partial charge in [-0.25, -0.2) is 5.43 Å². The van der Waals surface area contributed by atoms with Gasteiger partial charge in [0, 0.05) is 18.0 Å². The summed E-state index contributed by atoms with van der Waals surface area (Å²) < 4.78 is 0. The second kappa shape index (κ2) is 4.17. The van der Waals surface area contributed by atoms with Crippen LogP contribution in [0.4, 0.5) is 0 Å². The largest absolute Gasteiger partial charge is 0.327 e. The van der Waals surface area contributed by atoms with Crippen LogP contribution in [0.25, 0.3) is 0 Å². The molecule has 1 aromatic rings. The van der Waals surface area contributed by atoms with Crippen molar-refractivity contribution in [3.8, 4) is 0 Å². The molecule has 4 unspecified atom stereocenters. The number of benzene rings is 1. The zero-order chi connectivity index (χ0) is 11.0. The molecule has 4 N–H and O–H groups in total. The topological polar surface area (TPSA) is 50.1 Å². The Morgan fingerprint density at radius 1 is 1.06 bits per heavy atom. The van der Waals surface area contributed by atoms with Crippen LogP contribution in [0.15, 0.2) is 30.3 Å². The van der Waals surface area contributed by atoms with Crippen LogP contribution in [0.3, 0.4) is 0 Å². The molecule has 3 heteroatoms. The van der Waals surface area contributed by atoms with Crippen LogP contribution in [0.1, 0.15) is 30.9 Å². The van der Waals surface area contributed by atoms with E-state index < -0.39 is 0 Å². The molecule has 0 spiro atoms. The van der Waals surface area contributed by atoms with E-state index >= 15 is 0 Å². The molecule has 2 aliphatic rings. The molecule has 1 saturated heterocycles. The first-order valence-corrected chi connectivity index (χ1v) is 6.18. The van der Waals surface area contributed by atoms with E-state index in [2.05, 4.69) is 41.2 Å². The van der Waals surface area contributed by atoms with Crippen LogP contribution < -0.4 is 16.6 Å². The molecular weight excluding hydrogens is 198 g/mol. The van der Waals surface area contributed by atoms with E-state index in [0.29, 0.717) is 24.0 Å². The van der Waals surface area contributed by atoms with Crippen LogP contribution >= 0.6 is 0 Å².